The summed E-state index contributed by atoms with van der Waals surface area (Å²) < 4.78 is 5.98. The van der Waals surface area contributed by atoms with Crippen molar-refractivity contribution >= 4 is 28.5 Å². The highest BCUT2D eigenvalue weighted by molar-refractivity contribution is 5.97. The maximum absolute atomic E-state index is 12.7. The Morgan fingerprint density at radius 3 is 2.71 bits per heavy atom. The average molecular weight is 385 g/mol. The van der Waals surface area contributed by atoms with Crippen molar-refractivity contribution < 1.29 is 19.4 Å². The normalized spacial score (nSPS) is 18.9. The van der Waals surface area contributed by atoms with E-state index in [1.807, 2.05) is 27.7 Å². The van der Waals surface area contributed by atoms with Gasteiger partial charge >= 0.3 is 5.97 Å². The van der Waals surface area contributed by atoms with E-state index in [1.54, 1.807) is 30.5 Å². The SMILES string of the molecule is CC(OC(C)(C)C)N1CC[C@H](C(=O)Nc2cc3cc(C(=O)O)ccc3cn2)C1. The van der Waals surface area contributed by atoms with E-state index in [0.29, 0.717) is 12.4 Å². The van der Waals surface area contributed by atoms with Crippen molar-refractivity contribution in [2.45, 2.75) is 45.9 Å². The molecule has 1 aliphatic heterocycles. The number of aromatic carboxylic acids is 1. The molecule has 1 aromatic carbocycles. The van der Waals surface area contributed by atoms with Gasteiger partial charge in [0, 0.05) is 24.7 Å². The van der Waals surface area contributed by atoms with Gasteiger partial charge in [-0.25, -0.2) is 9.78 Å². The number of hydrogen-bond donors (Lipinski definition) is 2. The molecule has 3 rings (SSSR count). The Morgan fingerprint density at radius 1 is 1.29 bits per heavy atom. The van der Waals surface area contributed by atoms with Crippen LogP contribution in [-0.2, 0) is 9.53 Å². The number of likely N-dealkylation sites (tertiary alicyclic amines) is 1. The summed E-state index contributed by atoms with van der Waals surface area (Å²) >= 11 is 0. The Balaban J connectivity index is 1.65. The van der Waals surface area contributed by atoms with Crippen molar-refractivity contribution in [2.24, 2.45) is 5.92 Å². The molecule has 7 nitrogen and oxygen atoms in total. The van der Waals surface area contributed by atoms with E-state index in [0.717, 1.165) is 23.7 Å². The minimum Gasteiger partial charge on any atom is -0.478 e. The van der Waals surface area contributed by atoms with Gasteiger partial charge in [-0.1, -0.05) is 6.07 Å². The standard InChI is InChI=1S/C21H27N3O4/c1-13(28-21(2,3)4)24-8-7-16(12-24)19(25)23-18-10-17-9-14(20(26)27)5-6-15(17)11-22-18/h5-6,9-11,13,16H,7-8,12H2,1-4H3,(H,26,27)(H,22,23,25)/t13?,16-/m0/s1. The number of benzene rings is 1. The number of nitrogens with one attached hydrogen (secondary N) is 1. The van der Waals surface area contributed by atoms with Crippen molar-refractivity contribution in [3.8, 4) is 0 Å². The largest absolute Gasteiger partial charge is 0.478 e. The van der Waals surface area contributed by atoms with Gasteiger partial charge in [0.1, 0.15) is 12.0 Å². The molecule has 1 unspecified atom stereocenters. The number of hydrogen-bond acceptors (Lipinski definition) is 5. The van der Waals surface area contributed by atoms with Gasteiger partial charge in [0.25, 0.3) is 0 Å². The third-order valence-corrected chi connectivity index (χ3v) is 4.85. The van der Waals surface area contributed by atoms with Crippen LogP contribution in [0, 0.1) is 5.92 Å². The summed E-state index contributed by atoms with van der Waals surface area (Å²) in [6.45, 7) is 9.51. The number of nitrogens with zero attached hydrogens (tertiary/aromatic N) is 2. The van der Waals surface area contributed by atoms with Crippen LogP contribution in [0.1, 0.15) is 44.5 Å². The number of aromatic nitrogens is 1. The van der Waals surface area contributed by atoms with E-state index in [4.69, 9.17) is 9.84 Å². The topological polar surface area (TPSA) is 91.8 Å². The molecule has 0 spiro atoms. The molecule has 2 aromatic rings. The molecule has 2 N–H and O–H groups in total. The fourth-order valence-electron chi connectivity index (χ4n) is 3.49. The number of carboxylic acids is 1. The third-order valence-electron chi connectivity index (χ3n) is 4.85. The summed E-state index contributed by atoms with van der Waals surface area (Å²) in [6.07, 6.45) is 2.35. The van der Waals surface area contributed by atoms with E-state index in [2.05, 4.69) is 15.2 Å². The Kier molecular flexibility index (Phi) is 5.67. The van der Waals surface area contributed by atoms with Crippen molar-refractivity contribution in [1.82, 2.24) is 9.88 Å². The molecular weight excluding hydrogens is 358 g/mol. The zero-order valence-corrected chi connectivity index (χ0v) is 16.7. The van der Waals surface area contributed by atoms with Crippen LogP contribution in [0.3, 0.4) is 0 Å². The molecule has 150 valence electrons. The van der Waals surface area contributed by atoms with Gasteiger partial charge in [-0.2, -0.15) is 0 Å². The minimum atomic E-state index is -0.984. The number of carbonyl (C=O) groups excluding carboxylic acids is 1. The second kappa shape index (κ2) is 7.85. The van der Waals surface area contributed by atoms with Gasteiger partial charge in [0.15, 0.2) is 0 Å². The summed E-state index contributed by atoms with van der Waals surface area (Å²) in [5, 5.41) is 13.6. The van der Waals surface area contributed by atoms with Crippen molar-refractivity contribution in [2.75, 3.05) is 18.4 Å². The molecule has 28 heavy (non-hydrogen) atoms. The van der Waals surface area contributed by atoms with Crippen LogP contribution < -0.4 is 5.32 Å². The number of amides is 1. The fraction of sp³-hybridized carbons (Fsp3) is 0.476. The molecule has 1 aliphatic rings. The van der Waals surface area contributed by atoms with E-state index < -0.39 is 5.97 Å². The number of carboxylic acid groups (broad SMARTS) is 1. The lowest BCUT2D eigenvalue weighted by Crippen LogP contribution is -2.39. The van der Waals surface area contributed by atoms with Crippen LogP contribution in [-0.4, -0.2) is 51.8 Å². The maximum atomic E-state index is 12.7. The molecule has 1 aromatic heterocycles. The zero-order chi connectivity index (χ0) is 20.5. The van der Waals surface area contributed by atoms with E-state index in [1.165, 1.54) is 0 Å². The van der Waals surface area contributed by atoms with Gasteiger partial charge < -0.3 is 15.2 Å². The van der Waals surface area contributed by atoms with E-state index in [-0.39, 0.29) is 29.2 Å². The lowest BCUT2D eigenvalue weighted by Gasteiger charge is -2.31. The molecule has 1 fully saturated rings. The molecule has 2 heterocycles. The number of pyridine rings is 1. The van der Waals surface area contributed by atoms with Gasteiger partial charge in [0.2, 0.25) is 5.91 Å². The smallest absolute Gasteiger partial charge is 0.335 e. The highest BCUT2D eigenvalue weighted by Gasteiger charge is 2.32. The van der Waals surface area contributed by atoms with Crippen LogP contribution in [0.25, 0.3) is 10.8 Å². The lowest BCUT2D eigenvalue weighted by atomic mass is 10.1. The molecule has 0 radical (unpaired) electrons. The van der Waals surface area contributed by atoms with Crippen LogP contribution >= 0.6 is 0 Å². The van der Waals surface area contributed by atoms with Crippen LogP contribution in [0.4, 0.5) is 5.82 Å². The fourth-order valence-corrected chi connectivity index (χ4v) is 3.49. The highest BCUT2D eigenvalue weighted by Crippen LogP contribution is 2.24. The second-order valence-electron chi connectivity index (χ2n) is 8.24. The molecular formula is C21H27N3O4. The Hall–Kier alpha value is -2.51. The van der Waals surface area contributed by atoms with Crippen LogP contribution in [0.2, 0.25) is 0 Å². The number of fused-ring (bicyclic) bond motifs is 1. The van der Waals surface area contributed by atoms with E-state index in [9.17, 15) is 9.59 Å². The zero-order valence-electron chi connectivity index (χ0n) is 16.7. The van der Waals surface area contributed by atoms with Crippen LogP contribution in [0.5, 0.6) is 0 Å². The summed E-state index contributed by atoms with van der Waals surface area (Å²) in [5.41, 5.74) is -0.0286. The summed E-state index contributed by atoms with van der Waals surface area (Å²) in [4.78, 5) is 30.3. The monoisotopic (exact) mass is 385 g/mol. The number of carbonyl (C=O) groups is 2. The van der Waals surface area contributed by atoms with Crippen molar-refractivity contribution in [3.63, 3.8) is 0 Å². The van der Waals surface area contributed by atoms with Gasteiger partial charge in [0.05, 0.1) is 17.1 Å². The number of anilines is 1. The first-order valence-electron chi connectivity index (χ1n) is 9.48. The molecule has 0 bridgehead atoms. The van der Waals surface area contributed by atoms with Crippen LogP contribution in [0.15, 0.2) is 30.5 Å². The highest BCUT2D eigenvalue weighted by atomic mass is 16.5. The Labute approximate surface area is 164 Å². The van der Waals surface area contributed by atoms with Crippen molar-refractivity contribution in [3.05, 3.63) is 36.0 Å². The molecule has 0 aliphatic carbocycles. The molecule has 7 heteroatoms. The molecule has 1 amide bonds. The second-order valence-corrected chi connectivity index (χ2v) is 8.24. The third kappa shape index (κ3) is 4.85. The van der Waals surface area contributed by atoms with Gasteiger partial charge in [-0.15, -0.1) is 0 Å². The first-order valence-corrected chi connectivity index (χ1v) is 9.48. The maximum Gasteiger partial charge on any atom is 0.335 e. The molecule has 0 saturated carbocycles. The summed E-state index contributed by atoms with van der Waals surface area (Å²) in [6, 6.07) is 6.54. The number of rotatable bonds is 5. The summed E-state index contributed by atoms with van der Waals surface area (Å²) in [7, 11) is 0. The van der Waals surface area contributed by atoms with Gasteiger partial charge in [-0.05, 0) is 57.7 Å². The van der Waals surface area contributed by atoms with Gasteiger partial charge in [-0.3, -0.25) is 9.69 Å². The predicted octanol–water partition coefficient (Wildman–Crippen LogP) is 3.35. The van der Waals surface area contributed by atoms with Crippen molar-refractivity contribution in [1.29, 1.82) is 0 Å². The molecule has 2 atom stereocenters. The number of ether oxygens (including phenoxy) is 1. The quantitative estimate of drug-likeness (QED) is 0.820. The van der Waals surface area contributed by atoms with E-state index >= 15 is 0 Å². The summed E-state index contributed by atoms with van der Waals surface area (Å²) in [5.74, 6) is -0.764. The predicted molar refractivity (Wildman–Crippen MR) is 107 cm³/mol. The average Bonchev–Trinajstić information content (AvgIpc) is 3.10. The first-order chi connectivity index (χ1) is 13.1. The minimum absolute atomic E-state index is 0.0500. The Bertz CT molecular complexity index is 891. The lowest BCUT2D eigenvalue weighted by molar-refractivity contribution is -0.124. The molecule has 1 saturated heterocycles. The first kappa shape index (κ1) is 20.2. The Morgan fingerprint density at radius 2 is 2.04 bits per heavy atom.